The molecule has 2 nitrogen and oxygen atoms in total. The van der Waals surface area contributed by atoms with Gasteiger partial charge < -0.3 is 5.32 Å². The lowest BCUT2D eigenvalue weighted by Gasteiger charge is -2.20. The highest BCUT2D eigenvalue weighted by molar-refractivity contribution is 5.39. The second-order valence-electron chi connectivity index (χ2n) is 5.64. The first-order valence-corrected chi connectivity index (χ1v) is 7.29. The summed E-state index contributed by atoms with van der Waals surface area (Å²) >= 11 is 0. The molecule has 1 aromatic heterocycles. The number of aromatic nitrogens is 1. The Balaban J connectivity index is 2.46. The Bertz CT molecular complexity index is 547. The molecule has 0 spiro atoms. The molecule has 2 rings (SSSR count). The molecule has 0 aliphatic carbocycles. The molecule has 1 heterocycles. The molecule has 2 heteroatoms. The van der Waals surface area contributed by atoms with E-state index in [4.69, 9.17) is 0 Å². The Morgan fingerprint density at radius 3 is 2.55 bits per heavy atom. The van der Waals surface area contributed by atoms with Gasteiger partial charge in [-0.15, -0.1) is 0 Å². The lowest BCUT2D eigenvalue weighted by molar-refractivity contribution is 0.686. The minimum atomic E-state index is 0.305. The molecular weight excluding hydrogens is 244 g/mol. The molecule has 0 fully saturated rings. The molecule has 1 aromatic carbocycles. The summed E-state index contributed by atoms with van der Waals surface area (Å²) in [6.07, 6.45) is 1.87. The predicted octanol–water partition coefficient (Wildman–Crippen LogP) is 3.86. The van der Waals surface area contributed by atoms with Crippen LogP contribution in [0.25, 0.3) is 0 Å². The minimum Gasteiger partial charge on any atom is -0.319 e. The van der Waals surface area contributed by atoms with E-state index in [0.29, 0.717) is 11.8 Å². The topological polar surface area (TPSA) is 24.9 Å². The highest BCUT2D eigenvalue weighted by Gasteiger charge is 2.17. The second kappa shape index (κ2) is 6.67. The third-order valence-corrected chi connectivity index (χ3v) is 3.80. The van der Waals surface area contributed by atoms with Crippen LogP contribution < -0.4 is 5.32 Å². The van der Waals surface area contributed by atoms with Crippen molar-refractivity contribution in [2.75, 3.05) is 13.6 Å². The van der Waals surface area contributed by atoms with Crippen LogP contribution in [0.2, 0.25) is 0 Å². The van der Waals surface area contributed by atoms with E-state index in [9.17, 15) is 0 Å². The van der Waals surface area contributed by atoms with Crippen LogP contribution in [0.5, 0.6) is 0 Å². The summed E-state index contributed by atoms with van der Waals surface area (Å²) in [5.74, 6) is 0.855. The van der Waals surface area contributed by atoms with Crippen molar-refractivity contribution in [3.63, 3.8) is 0 Å². The number of benzene rings is 1. The average Bonchev–Trinajstić information content (AvgIpc) is 2.46. The maximum absolute atomic E-state index is 4.55. The van der Waals surface area contributed by atoms with Crippen molar-refractivity contribution in [2.45, 2.75) is 32.6 Å². The zero-order valence-electron chi connectivity index (χ0n) is 12.9. The van der Waals surface area contributed by atoms with Gasteiger partial charge in [-0.25, -0.2) is 0 Å². The Kier molecular flexibility index (Phi) is 4.91. The zero-order chi connectivity index (χ0) is 14.5. The summed E-state index contributed by atoms with van der Waals surface area (Å²) in [5, 5.41) is 3.30. The Labute approximate surface area is 122 Å². The molecule has 0 saturated heterocycles. The summed E-state index contributed by atoms with van der Waals surface area (Å²) in [4.78, 5) is 4.55. The van der Waals surface area contributed by atoms with Crippen molar-refractivity contribution in [3.8, 4) is 0 Å². The van der Waals surface area contributed by atoms with E-state index < -0.39 is 0 Å². The van der Waals surface area contributed by atoms with Gasteiger partial charge in [-0.3, -0.25) is 4.98 Å². The number of rotatable bonds is 5. The third kappa shape index (κ3) is 3.26. The van der Waals surface area contributed by atoms with Gasteiger partial charge in [0.05, 0.1) is 0 Å². The molecule has 0 saturated carbocycles. The highest BCUT2D eigenvalue weighted by atomic mass is 14.8. The van der Waals surface area contributed by atoms with Crippen molar-refractivity contribution in [2.24, 2.45) is 0 Å². The first-order valence-electron chi connectivity index (χ1n) is 7.29. The minimum absolute atomic E-state index is 0.305. The zero-order valence-corrected chi connectivity index (χ0v) is 12.9. The van der Waals surface area contributed by atoms with Crippen molar-refractivity contribution >= 4 is 0 Å². The normalized spacial score (nSPS) is 12.7. The first kappa shape index (κ1) is 14.7. The van der Waals surface area contributed by atoms with Gasteiger partial charge in [0.15, 0.2) is 0 Å². The quantitative estimate of drug-likeness (QED) is 0.890. The van der Waals surface area contributed by atoms with Crippen molar-refractivity contribution < 1.29 is 0 Å². The van der Waals surface area contributed by atoms with Crippen molar-refractivity contribution in [1.82, 2.24) is 10.3 Å². The lowest BCUT2D eigenvalue weighted by atomic mass is 9.88. The van der Waals surface area contributed by atoms with E-state index in [-0.39, 0.29) is 0 Å². The van der Waals surface area contributed by atoms with Gasteiger partial charge >= 0.3 is 0 Å². The van der Waals surface area contributed by atoms with Gasteiger partial charge in [-0.2, -0.15) is 0 Å². The molecule has 1 atom stereocenters. The maximum Gasteiger partial charge on any atom is 0.0491 e. The summed E-state index contributed by atoms with van der Waals surface area (Å²) in [7, 11) is 2.00. The predicted molar refractivity (Wildman–Crippen MR) is 85.3 cm³/mol. The fourth-order valence-corrected chi connectivity index (χ4v) is 2.55. The largest absolute Gasteiger partial charge is 0.319 e. The smallest absolute Gasteiger partial charge is 0.0491 e. The summed E-state index contributed by atoms with van der Waals surface area (Å²) < 4.78 is 0. The van der Waals surface area contributed by atoms with Gasteiger partial charge in [0.1, 0.15) is 0 Å². The van der Waals surface area contributed by atoms with Gasteiger partial charge in [-0.05, 0) is 48.7 Å². The molecular formula is C18H24N2. The molecule has 1 unspecified atom stereocenters. The van der Waals surface area contributed by atoms with E-state index >= 15 is 0 Å². The third-order valence-electron chi connectivity index (χ3n) is 3.80. The van der Waals surface area contributed by atoms with Crippen LogP contribution in [0.3, 0.4) is 0 Å². The van der Waals surface area contributed by atoms with E-state index in [0.717, 1.165) is 12.2 Å². The molecule has 0 bridgehead atoms. The molecule has 0 amide bonds. The van der Waals surface area contributed by atoms with E-state index in [2.05, 4.69) is 61.4 Å². The van der Waals surface area contributed by atoms with Crippen LogP contribution in [0, 0.1) is 6.92 Å². The van der Waals surface area contributed by atoms with Gasteiger partial charge in [0.25, 0.3) is 0 Å². The number of pyridine rings is 1. The number of likely N-dealkylation sites (N-methyl/N-ethyl adjacent to an activating group) is 1. The first-order chi connectivity index (χ1) is 9.63. The van der Waals surface area contributed by atoms with Gasteiger partial charge in [0, 0.05) is 24.4 Å². The number of aryl methyl sites for hydroxylation is 1. The lowest BCUT2D eigenvalue weighted by Crippen LogP contribution is -2.20. The Hall–Kier alpha value is -1.67. The maximum atomic E-state index is 4.55. The second-order valence-corrected chi connectivity index (χ2v) is 5.64. The number of nitrogens with one attached hydrogen (secondary N) is 1. The molecule has 2 aromatic rings. The van der Waals surface area contributed by atoms with Crippen LogP contribution in [0.15, 0.2) is 42.6 Å². The molecule has 20 heavy (non-hydrogen) atoms. The van der Waals surface area contributed by atoms with Crippen LogP contribution in [0.4, 0.5) is 0 Å². The summed E-state index contributed by atoms with van der Waals surface area (Å²) in [6.45, 7) is 7.56. The molecule has 1 N–H and O–H groups in total. The van der Waals surface area contributed by atoms with E-state index in [1.165, 1.54) is 16.7 Å². The monoisotopic (exact) mass is 268 g/mol. The fraction of sp³-hybridized carbons (Fsp3) is 0.389. The van der Waals surface area contributed by atoms with Crippen molar-refractivity contribution in [3.05, 3.63) is 65.0 Å². The summed E-state index contributed by atoms with van der Waals surface area (Å²) in [5.41, 5.74) is 5.23. The van der Waals surface area contributed by atoms with Crippen LogP contribution in [0.1, 0.15) is 48.1 Å². The average molecular weight is 268 g/mol. The SMILES string of the molecule is CNCC(c1ccccn1)c1cc(C(C)C)ccc1C. The Morgan fingerprint density at radius 2 is 1.95 bits per heavy atom. The number of nitrogens with zero attached hydrogens (tertiary/aromatic N) is 1. The number of hydrogen-bond donors (Lipinski definition) is 1. The van der Waals surface area contributed by atoms with Crippen LogP contribution in [-0.2, 0) is 0 Å². The Morgan fingerprint density at radius 1 is 1.15 bits per heavy atom. The summed E-state index contributed by atoms with van der Waals surface area (Å²) in [6, 6.07) is 13.0. The molecule has 106 valence electrons. The van der Waals surface area contributed by atoms with E-state index in [1.54, 1.807) is 0 Å². The highest BCUT2D eigenvalue weighted by Crippen LogP contribution is 2.28. The van der Waals surface area contributed by atoms with Crippen LogP contribution >= 0.6 is 0 Å². The fourth-order valence-electron chi connectivity index (χ4n) is 2.55. The van der Waals surface area contributed by atoms with Gasteiger partial charge in [-0.1, -0.05) is 38.1 Å². The standard InChI is InChI=1S/C18H24N2/c1-13(2)15-9-8-14(3)16(11-15)17(12-19-4)18-7-5-6-10-20-18/h5-11,13,17,19H,12H2,1-4H3. The van der Waals surface area contributed by atoms with Gasteiger partial charge in [0.2, 0.25) is 0 Å². The molecule has 0 aliphatic heterocycles. The van der Waals surface area contributed by atoms with Crippen molar-refractivity contribution in [1.29, 1.82) is 0 Å². The van der Waals surface area contributed by atoms with E-state index in [1.807, 2.05) is 19.3 Å². The molecule has 0 aliphatic rings. The van der Waals surface area contributed by atoms with Crippen LogP contribution in [-0.4, -0.2) is 18.6 Å². The molecule has 0 radical (unpaired) electrons. The number of hydrogen-bond acceptors (Lipinski definition) is 2.